The van der Waals surface area contributed by atoms with Crippen LogP contribution in [0.1, 0.15) is 38.3 Å². The number of phenolic OH excluding ortho intramolecular Hbond substituents is 1. The molecule has 0 spiro atoms. The fourth-order valence-corrected chi connectivity index (χ4v) is 3.21. The summed E-state index contributed by atoms with van der Waals surface area (Å²) in [6.45, 7) is 8.42. The topological polar surface area (TPSA) is 43.3 Å². The van der Waals surface area contributed by atoms with Crippen LogP contribution in [0.2, 0.25) is 0 Å². The van der Waals surface area contributed by atoms with Crippen molar-refractivity contribution in [1.82, 2.24) is 0 Å². The Kier molecular flexibility index (Phi) is 4.64. The molecule has 0 saturated carbocycles. The van der Waals surface area contributed by atoms with Crippen molar-refractivity contribution in [2.24, 2.45) is 0 Å². The van der Waals surface area contributed by atoms with Crippen molar-refractivity contribution in [2.45, 2.75) is 49.3 Å². The van der Waals surface area contributed by atoms with E-state index >= 15 is 0 Å². The van der Waals surface area contributed by atoms with Crippen molar-refractivity contribution in [2.75, 3.05) is 0 Å². The molecule has 2 rings (SSSR count). The van der Waals surface area contributed by atoms with E-state index in [2.05, 4.69) is 20.8 Å². The second kappa shape index (κ2) is 6.12. The van der Waals surface area contributed by atoms with E-state index in [4.69, 9.17) is 0 Å². The van der Waals surface area contributed by atoms with E-state index in [1.807, 2.05) is 43.3 Å². The summed E-state index contributed by atoms with van der Waals surface area (Å²) in [5, 5.41) is 10.1. The van der Waals surface area contributed by atoms with E-state index in [1.165, 1.54) is 0 Å². The number of phenols is 1. The molecule has 0 aliphatic heterocycles. The molecular weight excluding hydrogens is 280 g/mol. The van der Waals surface area contributed by atoms with Crippen LogP contribution in [0.15, 0.2) is 52.3 Å². The van der Waals surface area contributed by atoms with Gasteiger partial charge in [-0.15, -0.1) is 0 Å². The standard InChI is InChI=1S/C18H22O2S/c1-5-18(3,4)14-8-11-16(19)17(12-14)21(20)15-9-6-13(2)7-10-15/h6-12,19H,5H2,1-4H3. The molecule has 1 unspecified atom stereocenters. The molecule has 2 aromatic carbocycles. The highest BCUT2D eigenvalue weighted by molar-refractivity contribution is 7.91. The maximum Gasteiger partial charge on any atom is 0.200 e. The molecule has 0 amide bonds. The first kappa shape index (κ1) is 15.9. The third-order valence-corrected chi connectivity index (χ3v) is 5.49. The van der Waals surface area contributed by atoms with E-state index in [1.54, 1.807) is 6.07 Å². The molecule has 0 aliphatic rings. The predicted octanol–water partition coefficient (Wildman–Crippen LogP) is 4.55. The fraction of sp³-hybridized carbons (Fsp3) is 0.333. The maximum absolute atomic E-state index is 12.7. The van der Waals surface area contributed by atoms with Gasteiger partial charge in [0.15, 0.2) is 15.5 Å². The van der Waals surface area contributed by atoms with Gasteiger partial charge in [0.25, 0.3) is 0 Å². The van der Waals surface area contributed by atoms with Gasteiger partial charge in [0.2, 0.25) is 0 Å². The van der Waals surface area contributed by atoms with Crippen molar-refractivity contribution in [1.29, 1.82) is 0 Å². The summed E-state index contributed by atoms with van der Waals surface area (Å²) in [5.41, 5.74) is 2.22. The zero-order valence-corrected chi connectivity index (χ0v) is 13.8. The summed E-state index contributed by atoms with van der Waals surface area (Å²) >= 11 is -1.36. The Labute approximate surface area is 130 Å². The lowest BCUT2D eigenvalue weighted by molar-refractivity contribution is 0.454. The van der Waals surface area contributed by atoms with Crippen LogP contribution in [-0.4, -0.2) is 9.66 Å². The van der Waals surface area contributed by atoms with E-state index in [0.29, 0.717) is 9.79 Å². The Morgan fingerprint density at radius 3 is 2.29 bits per heavy atom. The monoisotopic (exact) mass is 302 g/mol. The second-order valence-corrected chi connectivity index (χ2v) is 7.45. The lowest BCUT2D eigenvalue weighted by Gasteiger charge is -2.24. The lowest BCUT2D eigenvalue weighted by atomic mass is 9.82. The van der Waals surface area contributed by atoms with Gasteiger partial charge >= 0.3 is 0 Å². The minimum absolute atomic E-state index is 0.0000734. The van der Waals surface area contributed by atoms with E-state index in [0.717, 1.165) is 17.5 Å². The van der Waals surface area contributed by atoms with Crippen LogP contribution in [0.25, 0.3) is 0 Å². The smallest absolute Gasteiger partial charge is 0.200 e. The van der Waals surface area contributed by atoms with Gasteiger partial charge in [-0.05, 0) is 42.5 Å². The van der Waals surface area contributed by atoms with Gasteiger partial charge in [-0.1, -0.05) is 44.5 Å². The molecular formula is C18H22O2S. The molecule has 3 heteroatoms. The minimum Gasteiger partial charge on any atom is -0.606 e. The van der Waals surface area contributed by atoms with Crippen LogP contribution in [0.5, 0.6) is 5.75 Å². The predicted molar refractivity (Wildman–Crippen MR) is 87.3 cm³/mol. The molecule has 0 aliphatic carbocycles. The highest BCUT2D eigenvalue weighted by atomic mass is 32.2. The Morgan fingerprint density at radius 2 is 1.71 bits per heavy atom. The van der Waals surface area contributed by atoms with Crippen LogP contribution < -0.4 is 0 Å². The first-order chi connectivity index (χ1) is 9.85. The van der Waals surface area contributed by atoms with Crippen LogP contribution >= 0.6 is 0 Å². The summed E-state index contributed by atoms with van der Waals surface area (Å²) in [5.74, 6) is 0.0876. The summed E-state index contributed by atoms with van der Waals surface area (Å²) in [7, 11) is 0. The molecule has 21 heavy (non-hydrogen) atoms. The fourth-order valence-electron chi connectivity index (χ4n) is 2.08. The zero-order valence-electron chi connectivity index (χ0n) is 13.0. The Morgan fingerprint density at radius 1 is 1.10 bits per heavy atom. The minimum atomic E-state index is -1.36. The van der Waals surface area contributed by atoms with E-state index in [9.17, 15) is 9.66 Å². The van der Waals surface area contributed by atoms with Crippen molar-refractivity contribution in [3.63, 3.8) is 0 Å². The van der Waals surface area contributed by atoms with Crippen LogP contribution in [0.3, 0.4) is 0 Å². The van der Waals surface area contributed by atoms with Crippen LogP contribution in [0.4, 0.5) is 0 Å². The summed E-state index contributed by atoms with van der Waals surface area (Å²) < 4.78 is 12.7. The number of aryl methyl sites for hydroxylation is 1. The number of rotatable bonds is 4. The van der Waals surface area contributed by atoms with Gasteiger partial charge in [-0.25, -0.2) is 0 Å². The average molecular weight is 302 g/mol. The van der Waals surface area contributed by atoms with Crippen LogP contribution in [0, 0.1) is 6.92 Å². The molecule has 0 heterocycles. The third kappa shape index (κ3) is 3.42. The molecule has 1 N–H and O–H groups in total. The van der Waals surface area contributed by atoms with Gasteiger partial charge in [0.05, 0.1) is 0 Å². The van der Waals surface area contributed by atoms with Gasteiger partial charge in [-0.3, -0.25) is 0 Å². The molecule has 0 saturated heterocycles. The maximum atomic E-state index is 12.7. The van der Waals surface area contributed by atoms with Crippen LogP contribution in [-0.2, 0) is 16.6 Å². The van der Waals surface area contributed by atoms with Gasteiger partial charge in [0, 0.05) is 17.2 Å². The first-order valence-corrected chi connectivity index (χ1v) is 8.32. The molecule has 112 valence electrons. The molecule has 0 fully saturated rings. The van der Waals surface area contributed by atoms with E-state index < -0.39 is 11.2 Å². The van der Waals surface area contributed by atoms with Crippen molar-refractivity contribution < 1.29 is 9.66 Å². The Bertz CT molecular complexity index is 618. The summed E-state index contributed by atoms with van der Waals surface area (Å²) in [6, 6.07) is 13.0. The van der Waals surface area contributed by atoms with Crippen molar-refractivity contribution in [3.05, 3.63) is 53.6 Å². The number of aromatic hydroxyl groups is 1. The van der Waals surface area contributed by atoms with Gasteiger partial charge in [0.1, 0.15) is 0 Å². The SMILES string of the molecule is CCC(C)(C)c1ccc(O)c([S+]([O-])c2ccc(C)cc2)c1. The number of benzene rings is 2. The Balaban J connectivity index is 2.43. The summed E-state index contributed by atoms with van der Waals surface area (Å²) in [6.07, 6.45) is 0.981. The largest absolute Gasteiger partial charge is 0.606 e. The van der Waals surface area contributed by atoms with Gasteiger partial charge in [-0.2, -0.15) is 0 Å². The molecule has 2 nitrogen and oxygen atoms in total. The number of hydrogen-bond donors (Lipinski definition) is 1. The van der Waals surface area contributed by atoms with Crippen molar-refractivity contribution in [3.8, 4) is 5.75 Å². The molecule has 0 aromatic heterocycles. The molecule has 1 atom stereocenters. The normalized spacial score (nSPS) is 13.2. The average Bonchev–Trinajstić information content (AvgIpc) is 2.47. The second-order valence-electron chi connectivity index (χ2n) is 6.00. The molecule has 0 bridgehead atoms. The lowest BCUT2D eigenvalue weighted by Crippen LogP contribution is -2.16. The molecule has 2 aromatic rings. The van der Waals surface area contributed by atoms with Gasteiger partial charge < -0.3 is 9.66 Å². The summed E-state index contributed by atoms with van der Waals surface area (Å²) in [4.78, 5) is 1.19. The first-order valence-electron chi connectivity index (χ1n) is 7.17. The highest BCUT2D eigenvalue weighted by Crippen LogP contribution is 2.34. The highest BCUT2D eigenvalue weighted by Gasteiger charge is 2.24. The third-order valence-electron chi connectivity index (χ3n) is 4.06. The molecule has 0 radical (unpaired) electrons. The number of hydrogen-bond acceptors (Lipinski definition) is 2. The quantitative estimate of drug-likeness (QED) is 0.842. The van der Waals surface area contributed by atoms with E-state index in [-0.39, 0.29) is 11.2 Å². The zero-order chi connectivity index (χ0) is 15.6. The Hall–Kier alpha value is -1.45. The van der Waals surface area contributed by atoms with Crippen molar-refractivity contribution >= 4 is 11.2 Å².